The first-order valence-corrected chi connectivity index (χ1v) is 14.2. The average Bonchev–Trinajstić information content (AvgIpc) is 2.97. The monoisotopic (exact) mass is 554 g/mol. The second kappa shape index (κ2) is 15.1. The molecule has 1 saturated heterocycles. The smallest absolute Gasteiger partial charge is 0.122 e. The second-order valence-electron chi connectivity index (χ2n) is 10.2. The molecule has 0 amide bonds. The van der Waals surface area contributed by atoms with Gasteiger partial charge in [0.15, 0.2) is 0 Å². The minimum absolute atomic E-state index is 0.315. The van der Waals surface area contributed by atoms with Gasteiger partial charge in [-0.25, -0.2) is 0 Å². The molecule has 2 heterocycles. The van der Waals surface area contributed by atoms with E-state index in [0.29, 0.717) is 23.8 Å². The van der Waals surface area contributed by atoms with Crippen molar-refractivity contribution in [2.45, 2.75) is 26.2 Å². The summed E-state index contributed by atoms with van der Waals surface area (Å²) in [5, 5.41) is 15.4. The summed E-state index contributed by atoms with van der Waals surface area (Å²) in [6.45, 7) is 15.5. The zero-order chi connectivity index (χ0) is 29.0. The van der Waals surface area contributed by atoms with Gasteiger partial charge in [-0.05, 0) is 74.2 Å². The first kappa shape index (κ1) is 29.9. The predicted octanol–water partition coefficient (Wildman–Crippen LogP) is 6.52. The molecule has 0 aromatic heterocycles. The number of benzene rings is 2. The number of methoxy groups -OCH3 is 1. The summed E-state index contributed by atoms with van der Waals surface area (Å²) in [5.41, 5.74) is 6.63. The maximum absolute atomic E-state index is 8.67. The van der Waals surface area contributed by atoms with Gasteiger partial charge in [-0.3, -0.25) is 10.3 Å². The van der Waals surface area contributed by atoms with Crippen LogP contribution in [0.15, 0.2) is 91.3 Å². The molecule has 2 aliphatic heterocycles. The molecule has 0 spiro atoms. The first-order valence-electron chi connectivity index (χ1n) is 14.2. The van der Waals surface area contributed by atoms with E-state index in [1.54, 1.807) is 7.11 Å². The van der Waals surface area contributed by atoms with Gasteiger partial charge in [0.1, 0.15) is 11.5 Å². The molecule has 0 unspecified atom stereocenters. The van der Waals surface area contributed by atoms with Crippen molar-refractivity contribution >= 4 is 22.9 Å². The van der Waals surface area contributed by atoms with E-state index in [1.165, 1.54) is 0 Å². The Morgan fingerprint density at radius 2 is 1.93 bits per heavy atom. The van der Waals surface area contributed by atoms with Gasteiger partial charge in [-0.1, -0.05) is 37.4 Å². The van der Waals surface area contributed by atoms with Crippen molar-refractivity contribution in [2.75, 3.05) is 51.9 Å². The number of aryl methyl sites for hydroxylation is 1. The van der Waals surface area contributed by atoms with E-state index in [9.17, 15) is 0 Å². The molecule has 3 N–H and O–H groups in total. The fourth-order valence-corrected chi connectivity index (χ4v) is 4.67. The lowest BCUT2D eigenvalue weighted by Crippen LogP contribution is -2.37. The van der Waals surface area contributed by atoms with Gasteiger partial charge >= 0.3 is 0 Å². The van der Waals surface area contributed by atoms with E-state index in [0.717, 1.165) is 91.6 Å². The number of anilines is 1. The number of nitrogens with zero attached hydrogens (tertiary/aromatic N) is 1. The van der Waals surface area contributed by atoms with Crippen LogP contribution in [-0.4, -0.2) is 57.2 Å². The normalized spacial score (nSPS) is 18.7. The topological polar surface area (TPSA) is 78.8 Å². The van der Waals surface area contributed by atoms with Crippen LogP contribution in [0.25, 0.3) is 11.5 Å². The van der Waals surface area contributed by atoms with E-state index in [1.807, 2.05) is 43.3 Å². The fourth-order valence-electron chi connectivity index (χ4n) is 4.67. The van der Waals surface area contributed by atoms with Gasteiger partial charge in [-0.2, -0.15) is 0 Å². The first-order chi connectivity index (χ1) is 19.9. The van der Waals surface area contributed by atoms with Crippen LogP contribution in [0.4, 0.5) is 5.69 Å². The highest BCUT2D eigenvalue weighted by atomic mass is 16.5. The molecule has 4 rings (SSSR count). The van der Waals surface area contributed by atoms with Crippen LogP contribution in [0.1, 0.15) is 36.0 Å². The Bertz CT molecular complexity index is 1320. The predicted molar refractivity (Wildman–Crippen MR) is 169 cm³/mol. The Kier molecular flexibility index (Phi) is 11.0. The van der Waals surface area contributed by atoms with Crippen molar-refractivity contribution in [3.63, 3.8) is 0 Å². The summed E-state index contributed by atoms with van der Waals surface area (Å²) in [6.07, 6.45) is 10.7. The third kappa shape index (κ3) is 8.96. The quantitative estimate of drug-likeness (QED) is 0.157. The van der Waals surface area contributed by atoms with Crippen LogP contribution in [0.3, 0.4) is 0 Å². The van der Waals surface area contributed by atoms with Crippen molar-refractivity contribution in [3.8, 4) is 5.75 Å². The molecule has 2 aromatic rings. The lowest BCUT2D eigenvalue weighted by atomic mass is 10.0. The van der Waals surface area contributed by atoms with Crippen molar-refractivity contribution in [1.29, 1.82) is 5.41 Å². The number of nitrogens with one attached hydrogen (secondary N) is 3. The molecule has 0 saturated carbocycles. The van der Waals surface area contributed by atoms with Gasteiger partial charge in [0.2, 0.25) is 0 Å². The molecular formula is C34H42N4O3. The Hall–Kier alpha value is -4.07. The third-order valence-electron chi connectivity index (χ3n) is 7.14. The third-order valence-corrected chi connectivity index (χ3v) is 7.14. The summed E-state index contributed by atoms with van der Waals surface area (Å²) >= 11 is 0. The number of ether oxygens (including phenoxy) is 3. The maximum Gasteiger partial charge on any atom is 0.122 e. The molecule has 1 fully saturated rings. The van der Waals surface area contributed by atoms with Crippen LogP contribution in [0.2, 0.25) is 0 Å². The zero-order valence-corrected chi connectivity index (χ0v) is 24.3. The van der Waals surface area contributed by atoms with Gasteiger partial charge in [0, 0.05) is 47.8 Å². The van der Waals surface area contributed by atoms with Gasteiger partial charge < -0.3 is 24.8 Å². The summed E-state index contributed by atoms with van der Waals surface area (Å²) in [7, 11) is 1.68. The van der Waals surface area contributed by atoms with E-state index in [2.05, 4.69) is 59.1 Å². The number of hydrogen-bond acceptors (Lipinski definition) is 7. The minimum atomic E-state index is 0.315. The number of allylic oxidation sites excluding steroid dienone is 5. The lowest BCUT2D eigenvalue weighted by molar-refractivity contribution is 0.0353. The molecule has 0 atom stereocenters. The lowest BCUT2D eigenvalue weighted by Gasteiger charge is -2.26. The van der Waals surface area contributed by atoms with Crippen LogP contribution in [0, 0.1) is 12.3 Å². The summed E-state index contributed by atoms with van der Waals surface area (Å²) in [5.74, 6) is 1.51. The highest BCUT2D eigenvalue weighted by Gasteiger charge is 2.12. The van der Waals surface area contributed by atoms with Gasteiger partial charge in [-0.15, -0.1) is 0 Å². The Morgan fingerprint density at radius 1 is 1.15 bits per heavy atom. The molecule has 216 valence electrons. The highest BCUT2D eigenvalue weighted by molar-refractivity contribution is 6.08. The number of morpholine rings is 1. The molecule has 0 bridgehead atoms. The van der Waals surface area contributed by atoms with Crippen molar-refractivity contribution < 1.29 is 14.2 Å². The molecule has 7 heteroatoms. The van der Waals surface area contributed by atoms with Crippen LogP contribution >= 0.6 is 0 Å². The summed E-state index contributed by atoms with van der Waals surface area (Å²) in [6, 6.07) is 14.0. The van der Waals surface area contributed by atoms with E-state index >= 15 is 0 Å². The Labute approximate surface area is 244 Å². The van der Waals surface area contributed by atoms with Crippen molar-refractivity contribution in [1.82, 2.24) is 10.2 Å². The number of rotatable bonds is 12. The standard InChI is InChI=1S/C34H42N4O3/c1-25-11-12-29(23-34(25)39-4)33-10-7-5-6-9-31(37-33)24-32(35)26(2)36-30-15-13-28(14-16-30)27(3)41-20-8-17-38-18-21-40-22-19-38/h5,7,10-16,23-24,35-37H,2-3,6,8-9,17-22H2,1,4H3/b7-5-,31-24-,33-10-,35-32?. The Morgan fingerprint density at radius 3 is 2.68 bits per heavy atom. The fraction of sp³-hybridized carbons (Fsp3) is 0.324. The maximum atomic E-state index is 8.67. The van der Waals surface area contributed by atoms with Crippen LogP contribution < -0.4 is 15.4 Å². The van der Waals surface area contributed by atoms with Crippen LogP contribution in [-0.2, 0) is 9.47 Å². The van der Waals surface area contributed by atoms with Gasteiger partial charge in [0.25, 0.3) is 0 Å². The molecular weight excluding hydrogens is 512 g/mol. The SMILES string of the molecule is C=C(Nc1ccc(C(=C)OCCCN2CCOCC2)cc1)C(=N)/C=C1/CC/C=C\C=C(\c2ccc(C)c(OC)c2)N1. The zero-order valence-electron chi connectivity index (χ0n) is 24.3. The molecule has 41 heavy (non-hydrogen) atoms. The van der Waals surface area contributed by atoms with Gasteiger partial charge in [0.05, 0.1) is 38.3 Å². The minimum Gasteiger partial charge on any atom is -0.496 e. The summed E-state index contributed by atoms with van der Waals surface area (Å²) in [4.78, 5) is 2.40. The molecule has 0 radical (unpaired) electrons. The van der Waals surface area contributed by atoms with E-state index in [4.69, 9.17) is 19.6 Å². The molecule has 2 aliphatic rings. The van der Waals surface area contributed by atoms with Crippen LogP contribution in [0.5, 0.6) is 5.75 Å². The molecule has 7 nitrogen and oxygen atoms in total. The largest absolute Gasteiger partial charge is 0.496 e. The summed E-state index contributed by atoms with van der Waals surface area (Å²) < 4.78 is 16.8. The van der Waals surface area contributed by atoms with E-state index in [-0.39, 0.29) is 0 Å². The molecule has 2 aromatic carbocycles. The average molecular weight is 555 g/mol. The van der Waals surface area contributed by atoms with Crippen molar-refractivity contribution in [3.05, 3.63) is 108 Å². The molecule has 0 aliphatic carbocycles. The van der Waals surface area contributed by atoms with Crippen molar-refractivity contribution in [2.24, 2.45) is 0 Å². The van der Waals surface area contributed by atoms with E-state index < -0.39 is 0 Å². The Balaban J connectivity index is 1.30. The highest BCUT2D eigenvalue weighted by Crippen LogP contribution is 2.25. The number of hydrogen-bond donors (Lipinski definition) is 3. The second-order valence-corrected chi connectivity index (χ2v) is 10.2.